The maximum atomic E-state index is 13.0. The SMILES string of the molecule is C=NN1C(C#N)=C(S(=O)(=O)NC(F)(F)F)C(OC)N1c1c(Cl)cc(C(F)(F)F)cc1Cl. The van der Waals surface area contributed by atoms with Gasteiger partial charge in [0.05, 0.1) is 15.6 Å². The first-order chi connectivity index (χ1) is 14.1. The van der Waals surface area contributed by atoms with Gasteiger partial charge in [0.25, 0.3) is 10.0 Å². The fourth-order valence-corrected chi connectivity index (χ4v) is 4.52. The lowest BCUT2D eigenvalue weighted by atomic mass is 10.2. The quantitative estimate of drug-likeness (QED) is 0.366. The zero-order valence-electron chi connectivity index (χ0n) is 14.9. The number of hydrogen-bond donors (Lipinski definition) is 1. The molecule has 170 valence electrons. The van der Waals surface area contributed by atoms with Crippen LogP contribution in [-0.2, 0) is 20.9 Å². The molecule has 1 aromatic carbocycles. The third kappa shape index (κ3) is 4.83. The van der Waals surface area contributed by atoms with Gasteiger partial charge in [-0.15, -0.1) is 4.72 Å². The van der Waals surface area contributed by atoms with Crippen molar-refractivity contribution in [2.24, 2.45) is 5.10 Å². The molecular formula is C14H9Cl2F6N5O3S. The Morgan fingerprint density at radius 2 is 1.74 bits per heavy atom. The first-order valence-electron chi connectivity index (χ1n) is 7.49. The molecule has 1 N–H and O–H groups in total. The van der Waals surface area contributed by atoms with Crippen molar-refractivity contribution in [2.75, 3.05) is 12.1 Å². The molecule has 0 fully saturated rings. The van der Waals surface area contributed by atoms with Crippen LogP contribution >= 0.6 is 23.2 Å². The van der Waals surface area contributed by atoms with Crippen LogP contribution in [-0.4, -0.2) is 39.9 Å². The van der Waals surface area contributed by atoms with Gasteiger partial charge >= 0.3 is 12.5 Å². The molecule has 0 saturated carbocycles. The Bertz CT molecular complexity index is 1060. The summed E-state index contributed by atoms with van der Waals surface area (Å²) in [6.45, 7) is 3.08. The highest BCUT2D eigenvalue weighted by Gasteiger charge is 2.50. The highest BCUT2D eigenvalue weighted by molar-refractivity contribution is 7.93. The van der Waals surface area contributed by atoms with Crippen molar-refractivity contribution in [1.29, 1.82) is 5.26 Å². The van der Waals surface area contributed by atoms with E-state index >= 15 is 0 Å². The molecule has 0 aromatic heterocycles. The van der Waals surface area contributed by atoms with Crippen molar-refractivity contribution in [1.82, 2.24) is 9.84 Å². The first kappa shape index (κ1) is 25.0. The Balaban J connectivity index is 2.76. The fourth-order valence-electron chi connectivity index (χ4n) is 2.61. The largest absolute Gasteiger partial charge is 0.470 e. The predicted molar refractivity (Wildman–Crippen MR) is 96.9 cm³/mol. The first-order valence-corrected chi connectivity index (χ1v) is 9.73. The van der Waals surface area contributed by atoms with Crippen LogP contribution in [0.15, 0.2) is 27.8 Å². The molecule has 1 aliphatic rings. The molecule has 0 spiro atoms. The predicted octanol–water partition coefficient (Wildman–Crippen LogP) is 3.81. The Hall–Kier alpha value is -2.25. The second kappa shape index (κ2) is 8.36. The lowest BCUT2D eigenvalue weighted by Crippen LogP contribution is -2.45. The van der Waals surface area contributed by atoms with E-state index in [1.807, 2.05) is 0 Å². The number of nitrogens with zero attached hydrogens (tertiary/aromatic N) is 4. The normalized spacial score (nSPS) is 17.9. The third-order valence-electron chi connectivity index (χ3n) is 3.66. The standard InChI is InChI=1S/C14H9Cl2F6N5O3S/c1-24-27-9(5-23)11(31(28,29)25-14(20,21)22)12(30-2)26(27)10-7(15)3-6(4-8(10)16)13(17,18)19/h3-4,12,25H,1H2,2H3. The van der Waals surface area contributed by atoms with Crippen LogP contribution in [0.4, 0.5) is 32.0 Å². The highest BCUT2D eigenvalue weighted by Crippen LogP contribution is 2.46. The van der Waals surface area contributed by atoms with E-state index in [1.165, 1.54) is 6.07 Å². The second-order valence-corrected chi connectivity index (χ2v) is 8.04. The lowest BCUT2D eigenvalue weighted by Gasteiger charge is -2.33. The van der Waals surface area contributed by atoms with Gasteiger partial charge in [0.2, 0.25) is 0 Å². The number of hydrazine groups is 1. The molecule has 2 rings (SSSR count). The minimum absolute atomic E-state index is 0.388. The van der Waals surface area contributed by atoms with Crippen LogP contribution in [0, 0.1) is 11.3 Å². The molecule has 0 aliphatic carbocycles. The number of sulfonamides is 1. The van der Waals surface area contributed by atoms with Crippen LogP contribution < -0.4 is 9.73 Å². The van der Waals surface area contributed by atoms with E-state index in [4.69, 9.17) is 27.9 Å². The average molecular weight is 512 g/mol. The number of anilines is 1. The number of alkyl halides is 6. The maximum Gasteiger partial charge on any atom is 0.470 e. The molecule has 0 bridgehead atoms. The van der Waals surface area contributed by atoms with E-state index in [-0.39, 0.29) is 0 Å². The van der Waals surface area contributed by atoms with Crippen LogP contribution in [0.1, 0.15) is 5.56 Å². The summed E-state index contributed by atoms with van der Waals surface area (Å²) in [5, 5.41) is 12.3. The number of methoxy groups -OCH3 is 1. The summed E-state index contributed by atoms with van der Waals surface area (Å²) >= 11 is 11.8. The highest BCUT2D eigenvalue weighted by atomic mass is 35.5. The van der Waals surface area contributed by atoms with E-state index in [2.05, 4.69) is 11.8 Å². The molecule has 0 radical (unpaired) electrons. The van der Waals surface area contributed by atoms with Gasteiger partial charge in [-0.25, -0.2) is 13.4 Å². The molecule has 8 nitrogen and oxygen atoms in total. The minimum Gasteiger partial charge on any atom is -0.354 e. The second-order valence-electron chi connectivity index (χ2n) is 5.58. The van der Waals surface area contributed by atoms with Gasteiger partial charge in [-0.05, 0) is 12.1 Å². The van der Waals surface area contributed by atoms with Crippen molar-refractivity contribution in [2.45, 2.75) is 18.7 Å². The number of ether oxygens (including phenoxy) is 1. The zero-order chi connectivity index (χ0) is 23.9. The summed E-state index contributed by atoms with van der Waals surface area (Å²) in [6.07, 6.45) is -12.3. The van der Waals surface area contributed by atoms with E-state index in [0.29, 0.717) is 27.0 Å². The van der Waals surface area contributed by atoms with Gasteiger partial charge in [-0.1, -0.05) is 23.2 Å². The Kier molecular flexibility index (Phi) is 6.74. The van der Waals surface area contributed by atoms with Crippen LogP contribution in [0.5, 0.6) is 0 Å². The summed E-state index contributed by atoms with van der Waals surface area (Å²) in [7, 11) is -4.61. The molecule has 0 amide bonds. The fraction of sp³-hybridized carbons (Fsp3) is 0.286. The van der Waals surface area contributed by atoms with E-state index < -0.39 is 60.6 Å². The van der Waals surface area contributed by atoms with Crippen molar-refractivity contribution >= 4 is 45.6 Å². The van der Waals surface area contributed by atoms with Crippen molar-refractivity contribution in [3.63, 3.8) is 0 Å². The van der Waals surface area contributed by atoms with Crippen molar-refractivity contribution < 1.29 is 39.5 Å². The summed E-state index contributed by atoms with van der Waals surface area (Å²) in [5.74, 6) is 0. The van der Waals surface area contributed by atoms with Crippen LogP contribution in [0.25, 0.3) is 0 Å². The Labute approximate surface area is 180 Å². The van der Waals surface area contributed by atoms with Crippen molar-refractivity contribution in [3.05, 3.63) is 38.3 Å². The number of hydrogen-bond acceptors (Lipinski definition) is 7. The topological polar surface area (TPSA) is 98.0 Å². The third-order valence-corrected chi connectivity index (χ3v) is 5.71. The number of benzene rings is 1. The molecule has 31 heavy (non-hydrogen) atoms. The average Bonchev–Trinajstić information content (AvgIpc) is 2.92. The summed E-state index contributed by atoms with van der Waals surface area (Å²) in [4.78, 5) is -1.26. The van der Waals surface area contributed by atoms with Crippen LogP contribution in [0.3, 0.4) is 0 Å². The van der Waals surface area contributed by atoms with Crippen molar-refractivity contribution in [3.8, 4) is 6.07 Å². The molecule has 0 saturated heterocycles. The van der Waals surface area contributed by atoms with Gasteiger partial charge in [0.1, 0.15) is 16.7 Å². The number of hydrazone groups is 1. The number of nitriles is 1. The smallest absolute Gasteiger partial charge is 0.354 e. The number of halogens is 8. The van der Waals surface area contributed by atoms with Gasteiger partial charge in [0, 0.05) is 13.8 Å². The Morgan fingerprint density at radius 1 is 1.23 bits per heavy atom. The number of nitrogens with one attached hydrogen (secondary N) is 1. The molecule has 1 unspecified atom stereocenters. The minimum atomic E-state index is -5.46. The summed E-state index contributed by atoms with van der Waals surface area (Å²) < 4.78 is 107. The van der Waals surface area contributed by atoms with E-state index in [1.54, 1.807) is 0 Å². The maximum absolute atomic E-state index is 13.0. The van der Waals surface area contributed by atoms with E-state index in [0.717, 1.165) is 7.11 Å². The molecule has 1 atom stereocenters. The molecule has 1 aliphatic heterocycles. The summed E-state index contributed by atoms with van der Waals surface area (Å²) in [6, 6.07) is 2.21. The molecule has 1 aromatic rings. The van der Waals surface area contributed by atoms with Gasteiger partial charge in [-0.3, -0.25) is 0 Å². The van der Waals surface area contributed by atoms with Gasteiger partial charge in [0.15, 0.2) is 11.9 Å². The Morgan fingerprint density at radius 3 is 2.10 bits per heavy atom. The molecule has 17 heteroatoms. The molecule has 1 heterocycles. The van der Waals surface area contributed by atoms with E-state index in [9.17, 15) is 40.0 Å². The number of rotatable bonds is 5. The molecular weight excluding hydrogens is 503 g/mol. The van der Waals surface area contributed by atoms with Crippen LogP contribution in [0.2, 0.25) is 10.0 Å². The monoisotopic (exact) mass is 511 g/mol. The lowest BCUT2D eigenvalue weighted by molar-refractivity contribution is -0.138. The number of allylic oxidation sites excluding steroid dienone is 1. The van der Waals surface area contributed by atoms with Gasteiger partial charge < -0.3 is 4.74 Å². The summed E-state index contributed by atoms with van der Waals surface area (Å²) in [5.41, 5.74) is -2.80. The zero-order valence-corrected chi connectivity index (χ0v) is 17.2. The van der Waals surface area contributed by atoms with Gasteiger partial charge in [-0.2, -0.15) is 41.8 Å².